The Balaban J connectivity index is 4.40. The highest BCUT2D eigenvalue weighted by atomic mass is 31.2. The van der Waals surface area contributed by atoms with E-state index < -0.39 is 51.1 Å². The van der Waals surface area contributed by atoms with Crippen molar-refractivity contribution >= 4 is 25.7 Å². The van der Waals surface area contributed by atoms with Crippen LogP contribution in [0.3, 0.4) is 0 Å². The number of esters is 2. The SMILES string of the molecule is CCCCCCCC/C=C\CCCCCCCCCCCC(=O)OC[C@H](COP(=O)(O)OC[C@H](N)C(=O)O)OC(=O)CCC/C=C\C/C=C\C/C=C\C/C=C\CCC[C@H](C)O. The fourth-order valence-corrected chi connectivity index (χ4v) is 6.85. The molecule has 61 heavy (non-hydrogen) atoms. The van der Waals surface area contributed by atoms with Gasteiger partial charge in [0.1, 0.15) is 12.6 Å². The molecule has 12 nitrogen and oxygen atoms in total. The Labute approximate surface area is 369 Å². The van der Waals surface area contributed by atoms with Crippen LogP contribution >= 0.6 is 7.82 Å². The van der Waals surface area contributed by atoms with Crippen molar-refractivity contribution in [3.05, 3.63) is 60.8 Å². The van der Waals surface area contributed by atoms with E-state index in [4.69, 9.17) is 24.8 Å². The minimum atomic E-state index is -4.74. The highest BCUT2D eigenvalue weighted by Crippen LogP contribution is 2.43. The molecule has 0 heterocycles. The molecule has 0 amide bonds. The molecule has 0 aromatic heterocycles. The third-order valence-electron chi connectivity index (χ3n) is 9.76. The van der Waals surface area contributed by atoms with Crippen molar-refractivity contribution in [1.82, 2.24) is 0 Å². The molecule has 0 saturated heterocycles. The van der Waals surface area contributed by atoms with E-state index in [1.54, 1.807) is 0 Å². The molecule has 0 rings (SSSR count). The second-order valence-corrected chi connectivity index (χ2v) is 17.3. The molecule has 0 saturated carbocycles. The maximum Gasteiger partial charge on any atom is 0.472 e. The van der Waals surface area contributed by atoms with Gasteiger partial charge in [-0.1, -0.05) is 145 Å². The summed E-state index contributed by atoms with van der Waals surface area (Å²) >= 11 is 0. The first-order chi connectivity index (χ1) is 29.5. The molecular weight excluding hydrogens is 797 g/mol. The predicted molar refractivity (Wildman–Crippen MR) is 246 cm³/mol. The zero-order chi connectivity index (χ0) is 45.1. The number of hydrogen-bond donors (Lipinski definition) is 4. The van der Waals surface area contributed by atoms with Crippen molar-refractivity contribution in [3.8, 4) is 0 Å². The average molecular weight is 882 g/mol. The number of nitrogens with two attached hydrogens (primary N) is 1. The first kappa shape index (κ1) is 58.1. The standard InChI is InChI=1S/C48H84NO11P/c1-3-4-5-6-7-8-9-10-11-12-13-14-17-20-23-26-29-32-35-38-46(51)57-40-44(41-58-61(55,56)59-42-45(49)48(53)54)60-47(52)39-36-33-30-27-24-21-18-15-16-19-22-25-28-31-34-37-43(2)50/h10-11,16,18-19,21,25,27-28,30,43-45,50H,3-9,12-15,17,20,22-24,26,29,31-42,49H2,1-2H3,(H,53,54)(H,55,56)/b11-10-,19-16-,21-18-,28-25-,30-27-/t43-,44+,45-/m0/s1. The fourth-order valence-electron chi connectivity index (χ4n) is 6.07. The van der Waals surface area contributed by atoms with E-state index in [0.29, 0.717) is 19.3 Å². The lowest BCUT2D eigenvalue weighted by atomic mass is 10.1. The van der Waals surface area contributed by atoms with Crippen LogP contribution in [0.1, 0.15) is 187 Å². The van der Waals surface area contributed by atoms with Crippen LogP contribution in [-0.2, 0) is 37.5 Å². The Morgan fingerprint density at radius 2 is 1.00 bits per heavy atom. The summed E-state index contributed by atoms with van der Waals surface area (Å²) in [6.07, 6.45) is 47.1. The Hall–Kier alpha value is -2.86. The van der Waals surface area contributed by atoms with Crippen LogP contribution in [0.4, 0.5) is 0 Å². The second kappa shape index (κ2) is 42.4. The Bertz CT molecular complexity index is 1280. The number of rotatable bonds is 43. The molecule has 352 valence electrons. The summed E-state index contributed by atoms with van der Waals surface area (Å²) in [6, 6.07) is -1.54. The van der Waals surface area contributed by atoms with E-state index in [1.807, 2.05) is 19.1 Å². The van der Waals surface area contributed by atoms with E-state index in [9.17, 15) is 28.9 Å². The number of aliphatic hydroxyl groups is 1. The molecule has 13 heteroatoms. The number of hydrogen-bond acceptors (Lipinski definition) is 10. The number of unbranched alkanes of at least 4 members (excludes halogenated alkanes) is 17. The number of ether oxygens (including phenoxy) is 2. The number of carbonyl (C=O) groups excluding carboxylic acids is 2. The van der Waals surface area contributed by atoms with Gasteiger partial charge in [-0.05, 0) is 90.4 Å². The number of carbonyl (C=O) groups is 3. The number of phosphoric acid groups is 1. The van der Waals surface area contributed by atoms with Gasteiger partial charge in [0, 0.05) is 12.8 Å². The molecule has 5 N–H and O–H groups in total. The van der Waals surface area contributed by atoms with E-state index in [2.05, 4.69) is 60.1 Å². The Kier molecular flexibility index (Phi) is 40.5. The van der Waals surface area contributed by atoms with Gasteiger partial charge in [-0.3, -0.25) is 23.4 Å². The van der Waals surface area contributed by atoms with Crippen molar-refractivity contribution in [1.29, 1.82) is 0 Å². The maximum atomic E-state index is 12.6. The zero-order valence-electron chi connectivity index (χ0n) is 37.9. The van der Waals surface area contributed by atoms with Gasteiger partial charge in [-0.15, -0.1) is 0 Å². The van der Waals surface area contributed by atoms with Gasteiger partial charge in [-0.25, -0.2) is 4.57 Å². The van der Waals surface area contributed by atoms with Crippen molar-refractivity contribution in [2.75, 3.05) is 19.8 Å². The maximum absolute atomic E-state index is 12.6. The van der Waals surface area contributed by atoms with E-state index >= 15 is 0 Å². The van der Waals surface area contributed by atoms with Crippen molar-refractivity contribution in [2.24, 2.45) is 5.73 Å². The van der Waals surface area contributed by atoms with Gasteiger partial charge < -0.3 is 30.3 Å². The van der Waals surface area contributed by atoms with Crippen molar-refractivity contribution in [3.63, 3.8) is 0 Å². The van der Waals surface area contributed by atoms with Crippen LogP contribution in [0.25, 0.3) is 0 Å². The summed E-state index contributed by atoms with van der Waals surface area (Å²) in [5.41, 5.74) is 5.33. The van der Waals surface area contributed by atoms with Gasteiger partial charge in [0.15, 0.2) is 6.10 Å². The minimum Gasteiger partial charge on any atom is -0.480 e. The van der Waals surface area contributed by atoms with Crippen LogP contribution in [0.15, 0.2) is 60.8 Å². The highest BCUT2D eigenvalue weighted by molar-refractivity contribution is 7.47. The molecule has 0 aliphatic rings. The van der Waals surface area contributed by atoms with Crippen molar-refractivity contribution < 1.29 is 52.6 Å². The molecular formula is C48H84NO11P. The first-order valence-corrected chi connectivity index (χ1v) is 24.8. The quantitative estimate of drug-likeness (QED) is 0.0196. The summed E-state index contributed by atoms with van der Waals surface area (Å²) in [5.74, 6) is -2.48. The lowest BCUT2D eigenvalue weighted by Crippen LogP contribution is -2.34. The number of phosphoric ester groups is 1. The molecule has 0 aliphatic heterocycles. The smallest absolute Gasteiger partial charge is 0.472 e. The summed E-state index contributed by atoms with van der Waals surface area (Å²) in [5, 5.41) is 18.2. The molecule has 0 fully saturated rings. The molecule has 0 aliphatic carbocycles. The third kappa shape index (κ3) is 43.6. The van der Waals surface area contributed by atoms with E-state index in [1.165, 1.54) is 83.5 Å². The number of aliphatic hydroxyl groups excluding tert-OH is 1. The van der Waals surface area contributed by atoms with Gasteiger partial charge in [0.25, 0.3) is 0 Å². The van der Waals surface area contributed by atoms with Crippen LogP contribution in [-0.4, -0.2) is 71.1 Å². The number of carboxylic acids is 1. The molecule has 0 spiro atoms. The average Bonchev–Trinajstić information content (AvgIpc) is 3.22. The van der Waals surface area contributed by atoms with Crippen LogP contribution < -0.4 is 5.73 Å². The number of carboxylic acid groups (broad SMARTS) is 1. The summed E-state index contributed by atoms with van der Waals surface area (Å²) in [6.45, 7) is 2.29. The Morgan fingerprint density at radius 1 is 0.574 bits per heavy atom. The second-order valence-electron chi connectivity index (χ2n) is 15.8. The summed E-state index contributed by atoms with van der Waals surface area (Å²) < 4.78 is 32.7. The number of aliphatic carboxylic acids is 1. The summed E-state index contributed by atoms with van der Waals surface area (Å²) in [7, 11) is -4.74. The van der Waals surface area contributed by atoms with E-state index in [-0.39, 0.29) is 25.6 Å². The molecule has 0 aromatic carbocycles. The molecule has 0 bridgehead atoms. The fraction of sp³-hybridized carbons (Fsp3) is 0.729. The lowest BCUT2D eigenvalue weighted by Gasteiger charge is -2.20. The lowest BCUT2D eigenvalue weighted by molar-refractivity contribution is -0.161. The third-order valence-corrected chi connectivity index (χ3v) is 10.7. The van der Waals surface area contributed by atoms with Gasteiger partial charge in [0.2, 0.25) is 0 Å². The topological polar surface area (TPSA) is 192 Å². The minimum absolute atomic E-state index is 0.0713. The summed E-state index contributed by atoms with van der Waals surface area (Å²) in [4.78, 5) is 46.0. The molecule has 0 radical (unpaired) electrons. The monoisotopic (exact) mass is 882 g/mol. The first-order valence-electron chi connectivity index (χ1n) is 23.3. The van der Waals surface area contributed by atoms with Crippen LogP contribution in [0.2, 0.25) is 0 Å². The van der Waals surface area contributed by atoms with Gasteiger partial charge in [-0.2, -0.15) is 0 Å². The molecule has 4 atom stereocenters. The number of allylic oxidation sites excluding steroid dienone is 10. The van der Waals surface area contributed by atoms with E-state index in [0.717, 1.165) is 57.8 Å². The van der Waals surface area contributed by atoms with Crippen LogP contribution in [0.5, 0.6) is 0 Å². The van der Waals surface area contributed by atoms with Gasteiger partial charge in [0.05, 0.1) is 19.3 Å². The largest absolute Gasteiger partial charge is 0.480 e. The molecule has 1 unspecified atom stereocenters. The highest BCUT2D eigenvalue weighted by Gasteiger charge is 2.28. The van der Waals surface area contributed by atoms with Gasteiger partial charge >= 0.3 is 25.7 Å². The predicted octanol–water partition coefficient (Wildman–Crippen LogP) is 11.7. The molecule has 0 aromatic rings. The van der Waals surface area contributed by atoms with Crippen molar-refractivity contribution in [2.45, 2.75) is 205 Å². The zero-order valence-corrected chi connectivity index (χ0v) is 38.7. The Morgan fingerprint density at radius 3 is 1.52 bits per heavy atom. The van der Waals surface area contributed by atoms with Crippen LogP contribution in [0, 0.1) is 0 Å². The normalized spacial score (nSPS) is 14.7.